The van der Waals surface area contributed by atoms with E-state index >= 15 is 0 Å². The average Bonchev–Trinajstić information content (AvgIpc) is 2.32. The molecule has 0 aliphatic carbocycles. The topological polar surface area (TPSA) is 32.3 Å². The monoisotopic (exact) mass is 271 g/mol. The fourth-order valence-corrected chi connectivity index (χ4v) is 3.00. The van der Waals surface area contributed by atoms with Crippen LogP contribution in [0.15, 0.2) is 17.0 Å². The van der Waals surface area contributed by atoms with Crippen LogP contribution in [0, 0.1) is 12.7 Å². The van der Waals surface area contributed by atoms with E-state index in [9.17, 15) is 4.39 Å². The molecule has 0 spiro atoms. The molecule has 1 aromatic carbocycles. The summed E-state index contributed by atoms with van der Waals surface area (Å²) in [4.78, 5) is 1.09. The first-order chi connectivity index (χ1) is 8.49. The molecule has 2 atom stereocenters. The van der Waals surface area contributed by atoms with Crippen LogP contribution < -0.4 is 5.32 Å². The quantitative estimate of drug-likeness (QED) is 0.779. The zero-order chi connectivity index (χ0) is 13.7. The molecule has 0 saturated carbocycles. The highest BCUT2D eigenvalue weighted by molar-refractivity contribution is 8.00. The molecular formula is C14H22FNOS. The van der Waals surface area contributed by atoms with Crippen molar-refractivity contribution < 1.29 is 9.50 Å². The molecule has 1 aromatic rings. The summed E-state index contributed by atoms with van der Waals surface area (Å²) in [5.41, 5.74) is 1.65. The number of hydrogen-bond acceptors (Lipinski definition) is 3. The maximum absolute atomic E-state index is 13.7. The van der Waals surface area contributed by atoms with Gasteiger partial charge in [0.1, 0.15) is 5.82 Å². The molecule has 0 aliphatic heterocycles. The Labute approximate surface area is 113 Å². The molecule has 18 heavy (non-hydrogen) atoms. The van der Waals surface area contributed by atoms with Crippen molar-refractivity contribution in [3.05, 3.63) is 29.1 Å². The molecule has 2 nitrogen and oxygen atoms in total. The molecule has 0 fully saturated rings. The first kappa shape index (κ1) is 15.5. The van der Waals surface area contributed by atoms with E-state index in [1.807, 2.05) is 20.0 Å². The minimum absolute atomic E-state index is 0.115. The Kier molecular flexibility index (Phi) is 6.12. The standard InChI is InChI=1S/C14H22FNOS/c1-9-7-14(18-10(2)5-6-17)12(8-13(9)15)11(3)16-4/h7-8,10-11,16-17H,5-6H2,1-4H3. The molecule has 2 N–H and O–H groups in total. The second kappa shape index (κ2) is 7.12. The zero-order valence-corrected chi connectivity index (χ0v) is 12.3. The van der Waals surface area contributed by atoms with Gasteiger partial charge in [0, 0.05) is 22.8 Å². The van der Waals surface area contributed by atoms with E-state index in [1.165, 1.54) is 0 Å². The Morgan fingerprint density at radius 3 is 2.61 bits per heavy atom. The molecule has 0 aliphatic rings. The van der Waals surface area contributed by atoms with Gasteiger partial charge < -0.3 is 10.4 Å². The molecule has 4 heteroatoms. The van der Waals surface area contributed by atoms with Gasteiger partial charge in [-0.3, -0.25) is 0 Å². The van der Waals surface area contributed by atoms with Gasteiger partial charge in [0.25, 0.3) is 0 Å². The second-order valence-electron chi connectivity index (χ2n) is 4.59. The Balaban J connectivity index is 3.03. The van der Waals surface area contributed by atoms with Crippen LogP contribution in [0.25, 0.3) is 0 Å². The van der Waals surface area contributed by atoms with E-state index < -0.39 is 0 Å². The smallest absolute Gasteiger partial charge is 0.126 e. The van der Waals surface area contributed by atoms with Gasteiger partial charge in [-0.05, 0) is 50.6 Å². The van der Waals surface area contributed by atoms with E-state index in [-0.39, 0.29) is 18.5 Å². The van der Waals surface area contributed by atoms with Gasteiger partial charge in [-0.25, -0.2) is 4.39 Å². The van der Waals surface area contributed by atoms with Crippen LogP contribution in [0.5, 0.6) is 0 Å². The van der Waals surface area contributed by atoms with Gasteiger partial charge >= 0.3 is 0 Å². The van der Waals surface area contributed by atoms with Gasteiger partial charge in [0.05, 0.1) is 0 Å². The fraction of sp³-hybridized carbons (Fsp3) is 0.571. The van der Waals surface area contributed by atoms with Crippen LogP contribution in [0.4, 0.5) is 4.39 Å². The van der Waals surface area contributed by atoms with Crippen molar-refractivity contribution in [1.82, 2.24) is 5.32 Å². The molecule has 102 valence electrons. The number of nitrogens with one attached hydrogen (secondary N) is 1. The third-order valence-corrected chi connectivity index (χ3v) is 4.30. The molecule has 0 saturated heterocycles. The summed E-state index contributed by atoms with van der Waals surface area (Å²) in [5.74, 6) is -0.161. The number of thioether (sulfide) groups is 1. The fourth-order valence-electron chi connectivity index (χ4n) is 1.72. The summed E-state index contributed by atoms with van der Waals surface area (Å²) in [5, 5.41) is 12.4. The highest BCUT2D eigenvalue weighted by Gasteiger charge is 2.15. The van der Waals surface area contributed by atoms with E-state index in [4.69, 9.17) is 5.11 Å². The number of aliphatic hydroxyl groups is 1. The lowest BCUT2D eigenvalue weighted by atomic mass is 10.1. The molecule has 1 rings (SSSR count). The molecule has 0 bridgehead atoms. The Bertz CT molecular complexity index is 398. The van der Waals surface area contributed by atoms with Crippen molar-refractivity contribution in [2.45, 2.75) is 43.4 Å². The summed E-state index contributed by atoms with van der Waals surface area (Å²) in [6.45, 7) is 6.06. The van der Waals surface area contributed by atoms with Gasteiger partial charge in [0.2, 0.25) is 0 Å². The van der Waals surface area contributed by atoms with Crippen LogP contribution in [-0.2, 0) is 0 Å². The molecule has 0 radical (unpaired) electrons. The molecule has 0 amide bonds. The maximum Gasteiger partial charge on any atom is 0.126 e. The van der Waals surface area contributed by atoms with Crippen LogP contribution >= 0.6 is 11.8 Å². The third kappa shape index (κ3) is 3.97. The predicted octanol–water partition coefficient (Wildman–Crippen LogP) is 3.28. The normalized spacial score (nSPS) is 14.6. The third-order valence-electron chi connectivity index (χ3n) is 3.05. The second-order valence-corrected chi connectivity index (χ2v) is 6.07. The summed E-state index contributed by atoms with van der Waals surface area (Å²) in [6, 6.07) is 3.63. The molecule has 0 heterocycles. The van der Waals surface area contributed by atoms with Crippen molar-refractivity contribution in [2.75, 3.05) is 13.7 Å². The summed E-state index contributed by atoms with van der Waals surface area (Å²) < 4.78 is 13.7. The van der Waals surface area contributed by atoms with Crippen molar-refractivity contribution in [3.63, 3.8) is 0 Å². The first-order valence-corrected chi connectivity index (χ1v) is 7.12. The summed E-state index contributed by atoms with van der Waals surface area (Å²) in [7, 11) is 1.87. The first-order valence-electron chi connectivity index (χ1n) is 6.24. The Morgan fingerprint density at radius 2 is 2.06 bits per heavy atom. The van der Waals surface area contributed by atoms with Gasteiger partial charge in [-0.1, -0.05) is 6.92 Å². The van der Waals surface area contributed by atoms with Crippen LogP contribution in [-0.4, -0.2) is 24.0 Å². The predicted molar refractivity (Wildman–Crippen MR) is 75.6 cm³/mol. The number of halogens is 1. The summed E-state index contributed by atoms with van der Waals surface area (Å²) in [6.07, 6.45) is 0.745. The lowest BCUT2D eigenvalue weighted by Gasteiger charge is -2.19. The number of benzene rings is 1. The Hall–Kier alpha value is -0.580. The highest BCUT2D eigenvalue weighted by atomic mass is 32.2. The minimum atomic E-state index is -0.161. The van der Waals surface area contributed by atoms with Crippen LogP contribution in [0.3, 0.4) is 0 Å². The molecule has 2 unspecified atom stereocenters. The largest absolute Gasteiger partial charge is 0.396 e. The number of aliphatic hydroxyl groups excluding tert-OH is 1. The molecular weight excluding hydrogens is 249 g/mol. The van der Waals surface area contributed by atoms with Gasteiger partial charge in [0.15, 0.2) is 0 Å². The minimum Gasteiger partial charge on any atom is -0.396 e. The maximum atomic E-state index is 13.7. The van der Waals surface area contributed by atoms with Crippen LogP contribution in [0.2, 0.25) is 0 Å². The lowest BCUT2D eigenvalue weighted by Crippen LogP contribution is -2.14. The van der Waals surface area contributed by atoms with E-state index in [0.29, 0.717) is 10.8 Å². The van der Waals surface area contributed by atoms with Crippen LogP contribution in [0.1, 0.15) is 37.4 Å². The Morgan fingerprint density at radius 1 is 1.39 bits per heavy atom. The van der Waals surface area contributed by atoms with Gasteiger partial charge in [-0.15, -0.1) is 11.8 Å². The van der Waals surface area contributed by atoms with Crippen molar-refractivity contribution >= 4 is 11.8 Å². The van der Waals surface area contributed by atoms with E-state index in [0.717, 1.165) is 16.9 Å². The van der Waals surface area contributed by atoms with Crippen molar-refractivity contribution in [2.24, 2.45) is 0 Å². The highest BCUT2D eigenvalue weighted by Crippen LogP contribution is 2.33. The van der Waals surface area contributed by atoms with Crippen molar-refractivity contribution in [3.8, 4) is 0 Å². The zero-order valence-electron chi connectivity index (χ0n) is 11.5. The number of rotatable bonds is 6. The van der Waals surface area contributed by atoms with Crippen molar-refractivity contribution in [1.29, 1.82) is 0 Å². The van der Waals surface area contributed by atoms with E-state index in [2.05, 4.69) is 12.2 Å². The molecule has 0 aromatic heterocycles. The summed E-state index contributed by atoms with van der Waals surface area (Å²) >= 11 is 1.69. The number of aryl methyl sites for hydroxylation is 1. The van der Waals surface area contributed by atoms with Gasteiger partial charge in [-0.2, -0.15) is 0 Å². The lowest BCUT2D eigenvalue weighted by molar-refractivity contribution is 0.289. The SMILES string of the molecule is CNC(C)c1cc(F)c(C)cc1SC(C)CCO. The van der Waals surface area contributed by atoms with E-state index in [1.54, 1.807) is 24.8 Å². The number of hydrogen-bond donors (Lipinski definition) is 2. The average molecular weight is 271 g/mol.